The molecule has 0 nitrogen and oxygen atoms in total. The first-order valence-corrected chi connectivity index (χ1v) is 11.7. The van der Waals surface area contributed by atoms with Crippen LogP contribution >= 0.6 is 11.8 Å². The Bertz CT molecular complexity index is 1050. The smallest absolute Gasteiger partial charge is 0.0163 e. The van der Waals surface area contributed by atoms with Crippen LogP contribution in [0.25, 0.3) is 0 Å². The summed E-state index contributed by atoms with van der Waals surface area (Å²) >= 11 is 1.88. The molecule has 0 atom stereocenters. The van der Waals surface area contributed by atoms with E-state index in [-0.39, 0.29) is 10.8 Å². The van der Waals surface area contributed by atoms with Gasteiger partial charge in [0, 0.05) is 20.6 Å². The summed E-state index contributed by atoms with van der Waals surface area (Å²) in [5, 5.41) is 0. The fraction of sp³-hybridized carbons (Fsp3) is 0.200. The second-order valence-electron chi connectivity index (χ2n) is 9.08. The fourth-order valence-electron chi connectivity index (χ4n) is 4.28. The van der Waals surface area contributed by atoms with Crippen LogP contribution in [0, 0.1) is 0 Å². The van der Waals surface area contributed by atoms with Crippen LogP contribution in [-0.4, -0.2) is 0 Å². The lowest BCUT2D eigenvalue weighted by Crippen LogP contribution is -2.21. The van der Waals surface area contributed by atoms with Crippen LogP contribution in [-0.2, 0) is 10.8 Å². The van der Waals surface area contributed by atoms with Gasteiger partial charge in [-0.1, -0.05) is 137 Å². The molecule has 0 saturated carbocycles. The van der Waals surface area contributed by atoms with Gasteiger partial charge in [-0.15, -0.1) is 0 Å². The van der Waals surface area contributed by atoms with Crippen molar-refractivity contribution in [1.29, 1.82) is 0 Å². The second-order valence-corrected chi connectivity index (χ2v) is 10.2. The summed E-state index contributed by atoms with van der Waals surface area (Å²) < 4.78 is 0. The molecule has 0 aliphatic rings. The lowest BCUT2D eigenvalue weighted by Gasteiger charge is -2.30. The second kappa shape index (κ2) is 8.77. The van der Waals surface area contributed by atoms with Crippen LogP contribution in [0.4, 0.5) is 0 Å². The summed E-state index contributed by atoms with van der Waals surface area (Å²) in [6.45, 7) is 9.28. The Labute approximate surface area is 191 Å². The Kier molecular flexibility index (Phi) is 6.07. The van der Waals surface area contributed by atoms with Crippen molar-refractivity contribution in [3.8, 4) is 0 Å². The third-order valence-corrected chi connectivity index (χ3v) is 7.48. The maximum Gasteiger partial charge on any atom is 0.0163 e. The van der Waals surface area contributed by atoms with Gasteiger partial charge in [-0.05, 0) is 34.4 Å². The fourth-order valence-corrected chi connectivity index (χ4v) is 5.68. The minimum atomic E-state index is -0.0747. The van der Waals surface area contributed by atoms with Crippen molar-refractivity contribution in [2.75, 3.05) is 0 Å². The van der Waals surface area contributed by atoms with Gasteiger partial charge in [0.1, 0.15) is 0 Å². The minimum absolute atomic E-state index is 0.0747. The molecule has 0 aromatic heterocycles. The maximum absolute atomic E-state index is 2.32. The summed E-state index contributed by atoms with van der Waals surface area (Å²) in [6, 6.07) is 39.3. The maximum atomic E-state index is 2.32. The van der Waals surface area contributed by atoms with E-state index >= 15 is 0 Å². The lowest BCUT2D eigenvalue weighted by atomic mass is 9.78. The Balaban J connectivity index is 1.76. The molecule has 0 radical (unpaired) electrons. The van der Waals surface area contributed by atoms with Gasteiger partial charge in [0.05, 0.1) is 0 Å². The zero-order valence-corrected chi connectivity index (χ0v) is 19.6. The summed E-state index contributed by atoms with van der Waals surface area (Å²) in [4.78, 5) is 2.63. The van der Waals surface area contributed by atoms with Crippen LogP contribution in [0.15, 0.2) is 119 Å². The SMILES string of the molecule is CC(C)(c1ccccc1)c1ccccc1Sc1ccccc1C(C)(C)c1ccccc1. The molecule has 1 heteroatoms. The van der Waals surface area contributed by atoms with Gasteiger partial charge in [-0.2, -0.15) is 0 Å². The molecule has 0 unspecified atom stereocenters. The van der Waals surface area contributed by atoms with Crippen molar-refractivity contribution < 1.29 is 0 Å². The zero-order valence-electron chi connectivity index (χ0n) is 18.8. The molecule has 156 valence electrons. The summed E-state index contributed by atoms with van der Waals surface area (Å²) in [5.41, 5.74) is 5.24. The first-order valence-electron chi connectivity index (χ1n) is 10.9. The predicted molar refractivity (Wildman–Crippen MR) is 134 cm³/mol. The Hall–Kier alpha value is -2.77. The van der Waals surface area contributed by atoms with Gasteiger partial charge in [-0.25, -0.2) is 0 Å². The van der Waals surface area contributed by atoms with E-state index in [9.17, 15) is 0 Å². The highest BCUT2D eigenvalue weighted by Gasteiger charge is 2.28. The van der Waals surface area contributed by atoms with E-state index < -0.39 is 0 Å². The highest BCUT2D eigenvalue weighted by molar-refractivity contribution is 7.99. The summed E-state index contributed by atoms with van der Waals surface area (Å²) in [7, 11) is 0. The molecule has 4 aromatic carbocycles. The molecule has 0 spiro atoms. The molecular formula is C30H30S. The van der Waals surface area contributed by atoms with Crippen molar-refractivity contribution in [1.82, 2.24) is 0 Å². The quantitative estimate of drug-likeness (QED) is 0.300. The van der Waals surface area contributed by atoms with E-state index in [0.29, 0.717) is 0 Å². The van der Waals surface area contributed by atoms with Crippen molar-refractivity contribution >= 4 is 11.8 Å². The summed E-state index contributed by atoms with van der Waals surface area (Å²) in [5.74, 6) is 0. The summed E-state index contributed by atoms with van der Waals surface area (Å²) in [6.07, 6.45) is 0. The van der Waals surface area contributed by atoms with E-state index in [1.807, 2.05) is 11.8 Å². The number of hydrogen-bond donors (Lipinski definition) is 0. The molecule has 0 heterocycles. The van der Waals surface area contributed by atoms with Gasteiger partial charge < -0.3 is 0 Å². The number of benzene rings is 4. The van der Waals surface area contributed by atoms with Crippen molar-refractivity contribution in [2.45, 2.75) is 48.3 Å². The van der Waals surface area contributed by atoms with E-state index in [1.54, 1.807) is 0 Å². The average molecular weight is 423 g/mol. The van der Waals surface area contributed by atoms with Gasteiger partial charge in [0.25, 0.3) is 0 Å². The molecule has 0 amide bonds. The zero-order chi connectivity index (χ0) is 21.9. The van der Waals surface area contributed by atoms with Crippen LogP contribution in [0.2, 0.25) is 0 Å². The highest BCUT2D eigenvalue weighted by atomic mass is 32.2. The van der Waals surface area contributed by atoms with Crippen LogP contribution < -0.4 is 0 Å². The Morgan fingerprint density at radius 2 is 0.742 bits per heavy atom. The molecule has 0 bridgehead atoms. The van der Waals surface area contributed by atoms with E-state index in [4.69, 9.17) is 0 Å². The monoisotopic (exact) mass is 422 g/mol. The van der Waals surface area contributed by atoms with E-state index in [0.717, 1.165) is 0 Å². The van der Waals surface area contributed by atoms with E-state index in [2.05, 4.69) is 137 Å². The topological polar surface area (TPSA) is 0 Å². The van der Waals surface area contributed by atoms with Gasteiger partial charge in [-0.3, -0.25) is 0 Å². The molecule has 0 fully saturated rings. The first-order chi connectivity index (χ1) is 14.9. The number of rotatable bonds is 6. The van der Waals surface area contributed by atoms with Gasteiger partial charge >= 0.3 is 0 Å². The molecule has 0 aliphatic carbocycles. The number of hydrogen-bond acceptors (Lipinski definition) is 1. The molecular weight excluding hydrogens is 392 g/mol. The molecule has 4 aromatic rings. The largest absolute Gasteiger partial charge is 0.0895 e. The minimum Gasteiger partial charge on any atom is -0.0895 e. The normalized spacial score (nSPS) is 12.0. The van der Waals surface area contributed by atoms with Crippen LogP contribution in [0.1, 0.15) is 49.9 Å². The molecule has 0 aliphatic heterocycles. The molecule has 0 N–H and O–H groups in total. The third-order valence-electron chi connectivity index (χ3n) is 6.33. The molecule has 0 saturated heterocycles. The van der Waals surface area contributed by atoms with E-state index in [1.165, 1.54) is 32.0 Å². The standard InChI is InChI=1S/C30H30S/c1-29(2,23-15-7-5-8-16-23)25-19-11-13-21-27(25)31-28-22-14-12-20-26(28)30(3,4)24-17-9-6-10-18-24/h5-22H,1-4H3. The predicted octanol–water partition coefficient (Wildman–Crippen LogP) is 8.49. The van der Waals surface area contributed by atoms with Gasteiger partial charge in [0.15, 0.2) is 0 Å². The Morgan fingerprint density at radius 1 is 0.419 bits per heavy atom. The van der Waals surface area contributed by atoms with Crippen molar-refractivity contribution in [3.63, 3.8) is 0 Å². The van der Waals surface area contributed by atoms with Crippen LogP contribution in [0.5, 0.6) is 0 Å². The highest BCUT2D eigenvalue weighted by Crippen LogP contribution is 2.44. The lowest BCUT2D eigenvalue weighted by molar-refractivity contribution is 0.623. The van der Waals surface area contributed by atoms with Crippen molar-refractivity contribution in [2.24, 2.45) is 0 Å². The van der Waals surface area contributed by atoms with Crippen LogP contribution in [0.3, 0.4) is 0 Å². The molecule has 4 rings (SSSR count). The van der Waals surface area contributed by atoms with Gasteiger partial charge in [0.2, 0.25) is 0 Å². The van der Waals surface area contributed by atoms with Crippen molar-refractivity contribution in [3.05, 3.63) is 131 Å². The average Bonchev–Trinajstić information content (AvgIpc) is 2.81. The molecule has 31 heavy (non-hydrogen) atoms. The Morgan fingerprint density at radius 3 is 1.13 bits per heavy atom. The first kappa shape index (κ1) is 21.5. The third kappa shape index (κ3) is 4.34.